The quantitative estimate of drug-likeness (QED) is 0.704. The summed E-state index contributed by atoms with van der Waals surface area (Å²) in [5.74, 6) is -0.00278. The van der Waals surface area contributed by atoms with Crippen LogP contribution in [0.2, 0.25) is 0 Å². The van der Waals surface area contributed by atoms with Crippen molar-refractivity contribution < 1.29 is 14.0 Å². The Hall–Kier alpha value is -1.21. The molecule has 2 amide bonds. The maximum absolute atomic E-state index is 12.5. The Morgan fingerprint density at radius 1 is 1.00 bits per heavy atom. The van der Waals surface area contributed by atoms with E-state index in [0.717, 1.165) is 13.0 Å². The van der Waals surface area contributed by atoms with E-state index < -0.39 is 18.1 Å². The van der Waals surface area contributed by atoms with E-state index in [1.165, 1.54) is 0 Å². The van der Waals surface area contributed by atoms with Gasteiger partial charge in [0.2, 0.25) is 11.8 Å². The molecule has 2 aliphatic rings. The first kappa shape index (κ1) is 16.8. The lowest BCUT2D eigenvalue weighted by Crippen LogP contribution is -2.37. The highest BCUT2D eigenvalue weighted by molar-refractivity contribution is 5.80. The lowest BCUT2D eigenvalue weighted by molar-refractivity contribution is -0.122. The number of nitrogens with two attached hydrogens (primary N) is 2. The van der Waals surface area contributed by atoms with Gasteiger partial charge in [-0.25, -0.2) is 4.39 Å². The van der Waals surface area contributed by atoms with Crippen LogP contribution >= 0.6 is 0 Å². The highest BCUT2D eigenvalue weighted by Gasteiger charge is 2.32. The van der Waals surface area contributed by atoms with Crippen molar-refractivity contribution in [3.8, 4) is 0 Å². The minimum atomic E-state index is -0.887. The summed E-state index contributed by atoms with van der Waals surface area (Å²) < 4.78 is 12.5. The van der Waals surface area contributed by atoms with Crippen molar-refractivity contribution in [3.63, 3.8) is 0 Å². The summed E-state index contributed by atoms with van der Waals surface area (Å²) in [6.45, 7) is 3.46. The Labute approximate surface area is 119 Å². The van der Waals surface area contributed by atoms with Crippen molar-refractivity contribution in [1.82, 2.24) is 9.80 Å². The highest BCUT2D eigenvalue weighted by atomic mass is 19.1. The predicted octanol–water partition coefficient (Wildman–Crippen LogP) is -0.674. The third-order valence-electron chi connectivity index (χ3n) is 3.91. The minimum Gasteiger partial charge on any atom is -0.368 e. The number of likely N-dealkylation sites (N-methyl/N-ethyl adjacent to an activating group) is 2. The first-order valence-electron chi connectivity index (χ1n) is 6.85. The van der Waals surface area contributed by atoms with Crippen molar-refractivity contribution in [1.29, 1.82) is 0 Å². The van der Waals surface area contributed by atoms with Gasteiger partial charge in [0.25, 0.3) is 0 Å². The van der Waals surface area contributed by atoms with Crippen LogP contribution in [0, 0.1) is 5.92 Å². The fourth-order valence-electron chi connectivity index (χ4n) is 2.86. The molecule has 2 heterocycles. The van der Waals surface area contributed by atoms with Crippen molar-refractivity contribution >= 4 is 11.8 Å². The Bertz CT molecular complexity index is 332. The number of nitrogens with zero attached hydrogens (tertiary/aromatic N) is 2. The van der Waals surface area contributed by atoms with Gasteiger partial charge in [-0.3, -0.25) is 19.4 Å². The number of alkyl halides is 1. The van der Waals surface area contributed by atoms with Crippen molar-refractivity contribution in [2.24, 2.45) is 17.4 Å². The van der Waals surface area contributed by atoms with E-state index in [4.69, 9.17) is 11.5 Å². The first-order chi connectivity index (χ1) is 9.22. The van der Waals surface area contributed by atoms with Gasteiger partial charge in [-0.05, 0) is 26.4 Å². The Balaban J connectivity index is 0.000000200. The predicted molar refractivity (Wildman–Crippen MR) is 74.5 cm³/mol. The summed E-state index contributed by atoms with van der Waals surface area (Å²) in [4.78, 5) is 25.0. The van der Waals surface area contributed by atoms with Crippen LogP contribution in [0.15, 0.2) is 0 Å². The number of hydrogen-bond donors (Lipinski definition) is 2. The summed E-state index contributed by atoms with van der Waals surface area (Å²) in [5.41, 5.74) is 10.2. The van der Waals surface area contributed by atoms with Gasteiger partial charge in [-0.2, -0.15) is 0 Å². The summed E-state index contributed by atoms with van der Waals surface area (Å²) in [7, 11) is 3.65. The van der Waals surface area contributed by atoms with Crippen molar-refractivity contribution in [2.45, 2.75) is 38.0 Å². The molecule has 0 spiro atoms. The van der Waals surface area contributed by atoms with Gasteiger partial charge in [-0.1, -0.05) is 6.92 Å². The number of hydrogen-bond acceptors (Lipinski definition) is 4. The lowest BCUT2D eigenvalue weighted by Gasteiger charge is -2.14. The number of halogens is 1. The monoisotopic (exact) mass is 288 g/mol. The van der Waals surface area contributed by atoms with Gasteiger partial charge in [0.1, 0.15) is 6.17 Å². The molecule has 2 rings (SSSR count). The fourth-order valence-corrected chi connectivity index (χ4v) is 2.86. The molecule has 7 heteroatoms. The molecule has 4 atom stereocenters. The zero-order chi connectivity index (χ0) is 15.4. The zero-order valence-electron chi connectivity index (χ0n) is 12.4. The van der Waals surface area contributed by atoms with Crippen molar-refractivity contribution in [2.75, 3.05) is 27.2 Å². The van der Waals surface area contributed by atoms with Crippen LogP contribution in [0.5, 0.6) is 0 Å². The molecular formula is C13H25FN4O2. The van der Waals surface area contributed by atoms with Gasteiger partial charge in [0, 0.05) is 19.5 Å². The van der Waals surface area contributed by atoms with E-state index in [1.54, 1.807) is 11.9 Å². The standard InChI is InChI=1S/C7H14N2O.C6H11FN2O/c1-5-3-6(7(8)10)9(2)4-5;1-9-3-4(7)2-5(9)6(8)10/h5-6H,3-4H2,1-2H3,(H2,8,10);4-5H,2-3H2,1H3,(H2,8,10). The van der Waals surface area contributed by atoms with Crippen LogP contribution in [0.25, 0.3) is 0 Å². The van der Waals surface area contributed by atoms with Crippen LogP contribution in [0.1, 0.15) is 19.8 Å². The number of carbonyl (C=O) groups excluding carboxylic acids is 2. The summed E-state index contributed by atoms with van der Waals surface area (Å²) in [6, 6.07) is -0.412. The Kier molecular flexibility index (Phi) is 5.88. The topological polar surface area (TPSA) is 92.7 Å². The lowest BCUT2D eigenvalue weighted by atomic mass is 10.1. The third kappa shape index (κ3) is 4.42. The number of primary amides is 2. The number of carbonyl (C=O) groups is 2. The van der Waals surface area contributed by atoms with Gasteiger partial charge in [0.15, 0.2) is 0 Å². The second-order valence-electron chi connectivity index (χ2n) is 5.89. The third-order valence-corrected chi connectivity index (χ3v) is 3.91. The van der Waals surface area contributed by atoms with Crippen LogP contribution in [-0.2, 0) is 9.59 Å². The summed E-state index contributed by atoms with van der Waals surface area (Å²) in [6.07, 6.45) is 0.292. The molecule has 4 unspecified atom stereocenters. The number of likely N-dealkylation sites (tertiary alicyclic amines) is 2. The molecule has 4 N–H and O–H groups in total. The molecule has 20 heavy (non-hydrogen) atoms. The second-order valence-corrected chi connectivity index (χ2v) is 5.89. The van der Waals surface area contributed by atoms with Crippen LogP contribution in [0.3, 0.4) is 0 Å². The SMILES string of the molecule is CC1CC(C(N)=O)N(C)C1.CN1CC(F)CC1C(N)=O. The molecule has 2 fully saturated rings. The maximum atomic E-state index is 12.5. The smallest absolute Gasteiger partial charge is 0.234 e. The Morgan fingerprint density at radius 3 is 1.65 bits per heavy atom. The maximum Gasteiger partial charge on any atom is 0.234 e. The van der Waals surface area contributed by atoms with Gasteiger partial charge < -0.3 is 11.5 Å². The van der Waals surface area contributed by atoms with Gasteiger partial charge >= 0.3 is 0 Å². The molecule has 6 nitrogen and oxygen atoms in total. The van der Waals surface area contributed by atoms with Crippen LogP contribution in [-0.4, -0.2) is 67.1 Å². The molecular weight excluding hydrogens is 263 g/mol. The van der Waals surface area contributed by atoms with Crippen molar-refractivity contribution in [3.05, 3.63) is 0 Å². The van der Waals surface area contributed by atoms with Gasteiger partial charge in [0.05, 0.1) is 12.1 Å². The van der Waals surface area contributed by atoms with E-state index in [1.807, 2.05) is 11.9 Å². The molecule has 0 aromatic heterocycles. The highest BCUT2D eigenvalue weighted by Crippen LogP contribution is 2.20. The van der Waals surface area contributed by atoms with Gasteiger partial charge in [-0.15, -0.1) is 0 Å². The van der Waals surface area contributed by atoms with E-state index in [0.29, 0.717) is 12.5 Å². The molecule has 0 aromatic rings. The average molecular weight is 288 g/mol. The number of amides is 2. The van der Waals surface area contributed by atoms with E-state index >= 15 is 0 Å². The van der Waals surface area contributed by atoms with Crippen LogP contribution < -0.4 is 11.5 Å². The molecule has 0 aliphatic carbocycles. The molecule has 116 valence electrons. The Morgan fingerprint density at radius 2 is 1.45 bits per heavy atom. The van der Waals surface area contributed by atoms with Crippen LogP contribution in [0.4, 0.5) is 4.39 Å². The van der Waals surface area contributed by atoms with E-state index in [9.17, 15) is 14.0 Å². The molecule has 0 aromatic carbocycles. The zero-order valence-corrected chi connectivity index (χ0v) is 12.4. The fraction of sp³-hybridized carbons (Fsp3) is 0.846. The number of rotatable bonds is 2. The largest absolute Gasteiger partial charge is 0.368 e. The average Bonchev–Trinajstić information content (AvgIpc) is 2.82. The second kappa shape index (κ2) is 6.99. The minimum absolute atomic E-state index is 0.0185. The summed E-state index contributed by atoms with van der Waals surface area (Å²) in [5, 5.41) is 0. The first-order valence-corrected chi connectivity index (χ1v) is 6.85. The normalized spacial score (nSPS) is 34.6. The molecule has 0 saturated carbocycles. The molecule has 2 saturated heterocycles. The summed E-state index contributed by atoms with van der Waals surface area (Å²) >= 11 is 0. The van der Waals surface area contributed by atoms with E-state index in [2.05, 4.69) is 6.92 Å². The molecule has 0 bridgehead atoms. The van der Waals surface area contributed by atoms with E-state index in [-0.39, 0.29) is 18.4 Å². The molecule has 2 aliphatic heterocycles. The molecule has 0 radical (unpaired) electrons.